The molecule has 0 spiro atoms. The van der Waals surface area contributed by atoms with Gasteiger partial charge in [-0.15, -0.1) is 0 Å². The van der Waals surface area contributed by atoms with E-state index in [1.807, 2.05) is 0 Å². The maximum atomic E-state index is 12.4. The average molecular weight is 250 g/mol. The van der Waals surface area contributed by atoms with Crippen LogP contribution >= 0.6 is 0 Å². The molecular formula is C10H13F3N2O2. The van der Waals surface area contributed by atoms with Gasteiger partial charge in [0.05, 0.1) is 0 Å². The van der Waals surface area contributed by atoms with Gasteiger partial charge in [0.1, 0.15) is 18.6 Å². The Bertz CT molecular complexity index is 352. The van der Waals surface area contributed by atoms with Crippen LogP contribution in [0.2, 0.25) is 0 Å². The van der Waals surface area contributed by atoms with E-state index in [0.717, 1.165) is 0 Å². The fourth-order valence-electron chi connectivity index (χ4n) is 2.14. The molecule has 2 amide bonds. The van der Waals surface area contributed by atoms with Gasteiger partial charge >= 0.3 is 6.18 Å². The van der Waals surface area contributed by atoms with E-state index in [-0.39, 0.29) is 5.92 Å². The molecule has 1 aliphatic carbocycles. The van der Waals surface area contributed by atoms with Crippen molar-refractivity contribution in [1.29, 1.82) is 0 Å². The summed E-state index contributed by atoms with van der Waals surface area (Å²) in [4.78, 5) is 24.0. The summed E-state index contributed by atoms with van der Waals surface area (Å²) in [6, 6.07) is -1.82. The molecule has 96 valence electrons. The fraction of sp³-hybridized carbons (Fsp3) is 0.800. The van der Waals surface area contributed by atoms with Gasteiger partial charge in [-0.3, -0.25) is 9.59 Å². The second kappa shape index (κ2) is 3.89. The molecule has 1 saturated heterocycles. The van der Waals surface area contributed by atoms with Crippen LogP contribution < -0.4 is 5.32 Å². The van der Waals surface area contributed by atoms with Crippen molar-refractivity contribution < 1.29 is 22.8 Å². The summed E-state index contributed by atoms with van der Waals surface area (Å²) in [5.41, 5.74) is 0. The van der Waals surface area contributed by atoms with Crippen LogP contribution in [0.25, 0.3) is 0 Å². The number of hydrogen-bond donors (Lipinski definition) is 1. The second-order valence-electron chi connectivity index (χ2n) is 4.59. The number of piperazine rings is 1. The molecule has 2 fully saturated rings. The molecular weight excluding hydrogens is 237 g/mol. The molecule has 4 nitrogen and oxygen atoms in total. The van der Waals surface area contributed by atoms with Crippen LogP contribution in [0.1, 0.15) is 19.8 Å². The smallest absolute Gasteiger partial charge is 0.343 e. The van der Waals surface area contributed by atoms with E-state index >= 15 is 0 Å². The van der Waals surface area contributed by atoms with Crippen molar-refractivity contribution >= 4 is 11.8 Å². The largest absolute Gasteiger partial charge is 0.406 e. The number of hydrogen-bond acceptors (Lipinski definition) is 2. The third-order valence-electron chi connectivity index (χ3n) is 3.03. The highest BCUT2D eigenvalue weighted by Gasteiger charge is 2.49. The first-order chi connectivity index (χ1) is 7.79. The molecule has 0 radical (unpaired) electrons. The number of alkyl halides is 3. The summed E-state index contributed by atoms with van der Waals surface area (Å²) < 4.78 is 37.2. The minimum atomic E-state index is -4.47. The number of rotatable bonds is 2. The van der Waals surface area contributed by atoms with Gasteiger partial charge in [-0.05, 0) is 25.7 Å². The Morgan fingerprint density at radius 3 is 2.41 bits per heavy atom. The Kier molecular flexibility index (Phi) is 2.79. The van der Waals surface area contributed by atoms with Gasteiger partial charge in [-0.2, -0.15) is 13.2 Å². The molecule has 2 rings (SSSR count). The second-order valence-corrected chi connectivity index (χ2v) is 4.59. The van der Waals surface area contributed by atoms with Crippen LogP contribution in [0.15, 0.2) is 0 Å². The number of carbonyl (C=O) groups excluding carboxylic acids is 2. The van der Waals surface area contributed by atoms with Crippen molar-refractivity contribution in [2.45, 2.75) is 38.0 Å². The van der Waals surface area contributed by atoms with Gasteiger partial charge in [0, 0.05) is 0 Å². The van der Waals surface area contributed by atoms with Crippen LogP contribution in [0.5, 0.6) is 0 Å². The topological polar surface area (TPSA) is 49.4 Å². The van der Waals surface area contributed by atoms with Crippen molar-refractivity contribution in [1.82, 2.24) is 10.2 Å². The number of amides is 2. The summed E-state index contributed by atoms with van der Waals surface area (Å²) in [5, 5.41) is 2.42. The van der Waals surface area contributed by atoms with Crippen LogP contribution in [-0.4, -0.2) is 41.5 Å². The lowest BCUT2D eigenvalue weighted by molar-refractivity contribution is -0.174. The zero-order chi connectivity index (χ0) is 12.8. The maximum absolute atomic E-state index is 12.4. The Morgan fingerprint density at radius 2 is 1.94 bits per heavy atom. The maximum Gasteiger partial charge on any atom is 0.406 e. The summed E-state index contributed by atoms with van der Waals surface area (Å²) in [7, 11) is 0. The normalized spacial score (nSPS) is 30.5. The van der Waals surface area contributed by atoms with Gasteiger partial charge in [-0.25, -0.2) is 0 Å². The first-order valence-corrected chi connectivity index (χ1v) is 5.47. The third kappa shape index (κ3) is 2.53. The monoisotopic (exact) mass is 250 g/mol. The molecule has 0 aromatic heterocycles. The van der Waals surface area contributed by atoms with E-state index in [9.17, 15) is 22.8 Å². The fourth-order valence-corrected chi connectivity index (χ4v) is 2.14. The Balaban J connectivity index is 2.20. The minimum absolute atomic E-state index is 0.117. The van der Waals surface area contributed by atoms with Crippen LogP contribution in [0.3, 0.4) is 0 Å². The molecule has 0 aromatic carbocycles. The van der Waals surface area contributed by atoms with Gasteiger partial charge in [0.15, 0.2) is 0 Å². The van der Waals surface area contributed by atoms with Crippen LogP contribution in [-0.2, 0) is 9.59 Å². The summed E-state index contributed by atoms with van der Waals surface area (Å²) in [6.45, 7) is 0.0531. The predicted molar refractivity (Wildman–Crippen MR) is 51.9 cm³/mol. The van der Waals surface area contributed by atoms with Gasteiger partial charge in [-0.1, -0.05) is 0 Å². The third-order valence-corrected chi connectivity index (χ3v) is 3.03. The van der Waals surface area contributed by atoms with E-state index in [0.29, 0.717) is 17.7 Å². The Hall–Kier alpha value is -1.27. The minimum Gasteiger partial charge on any atom is -0.343 e. The molecule has 1 heterocycles. The van der Waals surface area contributed by atoms with Crippen molar-refractivity contribution in [2.75, 3.05) is 6.54 Å². The molecule has 7 heteroatoms. The highest BCUT2D eigenvalue weighted by atomic mass is 19.4. The van der Waals surface area contributed by atoms with E-state index < -0.39 is 36.6 Å². The molecule has 1 aliphatic heterocycles. The number of nitrogens with one attached hydrogen (secondary N) is 1. The van der Waals surface area contributed by atoms with Crippen molar-refractivity contribution in [2.24, 2.45) is 5.92 Å². The van der Waals surface area contributed by atoms with E-state index in [2.05, 4.69) is 5.32 Å². The number of halogens is 3. The van der Waals surface area contributed by atoms with Crippen LogP contribution in [0.4, 0.5) is 13.2 Å². The van der Waals surface area contributed by atoms with Gasteiger partial charge < -0.3 is 10.2 Å². The lowest BCUT2D eigenvalue weighted by Crippen LogP contribution is -2.64. The summed E-state index contributed by atoms with van der Waals surface area (Å²) >= 11 is 0. The zero-order valence-corrected chi connectivity index (χ0v) is 9.25. The lowest BCUT2D eigenvalue weighted by atomic mass is 10.0. The van der Waals surface area contributed by atoms with Gasteiger partial charge in [0.2, 0.25) is 11.8 Å². The van der Waals surface area contributed by atoms with E-state index in [4.69, 9.17) is 0 Å². The highest BCUT2D eigenvalue weighted by Crippen LogP contribution is 2.37. The molecule has 2 atom stereocenters. The quantitative estimate of drug-likeness (QED) is 0.783. The van der Waals surface area contributed by atoms with Crippen LogP contribution in [0, 0.1) is 5.92 Å². The molecule has 0 aromatic rings. The van der Waals surface area contributed by atoms with Crippen molar-refractivity contribution in [3.05, 3.63) is 0 Å². The molecule has 0 bridgehead atoms. The first kappa shape index (κ1) is 12.2. The predicted octanol–water partition coefficient (Wildman–Crippen LogP) is 0.674. The van der Waals surface area contributed by atoms with Crippen molar-refractivity contribution in [3.63, 3.8) is 0 Å². The van der Waals surface area contributed by atoms with E-state index in [1.54, 1.807) is 0 Å². The zero-order valence-electron chi connectivity index (χ0n) is 9.25. The Morgan fingerprint density at radius 1 is 1.35 bits per heavy atom. The lowest BCUT2D eigenvalue weighted by Gasteiger charge is -2.38. The summed E-state index contributed by atoms with van der Waals surface area (Å²) in [6.07, 6.45) is -3.07. The molecule has 2 aliphatic rings. The molecule has 2 unspecified atom stereocenters. The summed E-state index contributed by atoms with van der Waals surface area (Å²) in [5.74, 6) is -1.24. The molecule has 1 N–H and O–H groups in total. The van der Waals surface area contributed by atoms with Gasteiger partial charge in [0.25, 0.3) is 0 Å². The Labute approximate surface area is 96.1 Å². The number of nitrogens with zero attached hydrogens (tertiary/aromatic N) is 1. The van der Waals surface area contributed by atoms with E-state index in [1.165, 1.54) is 6.92 Å². The molecule has 17 heavy (non-hydrogen) atoms. The van der Waals surface area contributed by atoms with Crippen molar-refractivity contribution in [3.8, 4) is 0 Å². The average Bonchev–Trinajstić information content (AvgIpc) is 2.95. The number of carbonyl (C=O) groups is 2. The highest BCUT2D eigenvalue weighted by molar-refractivity contribution is 5.97. The SMILES string of the molecule is CC1NC(=O)C(C2CC2)N(CC(F)(F)F)C1=O. The molecule has 1 saturated carbocycles. The standard InChI is InChI=1S/C10H13F3N2O2/c1-5-9(17)15(4-10(11,12)13)7(6-2-3-6)8(16)14-5/h5-7H,2-4H2,1H3,(H,14,16). The first-order valence-electron chi connectivity index (χ1n) is 5.47.